The molecule has 2 fully saturated rings. The van der Waals surface area contributed by atoms with Crippen LogP contribution in [-0.4, -0.2) is 24.0 Å². The molecule has 1 aromatic rings. The van der Waals surface area contributed by atoms with E-state index in [2.05, 4.69) is 4.90 Å². The number of hydrogen-bond acceptors (Lipinski definition) is 2. The maximum atomic E-state index is 6.36. The molecular weight excluding hydrogens is 279 g/mol. The van der Waals surface area contributed by atoms with Crippen molar-refractivity contribution in [2.45, 2.75) is 37.8 Å². The molecule has 2 N–H and O–H groups in total. The Balaban J connectivity index is 1.83. The average molecular weight is 299 g/mol. The fraction of sp³-hybridized carbons (Fsp3) is 0.600. The second-order valence-electron chi connectivity index (χ2n) is 5.79. The summed E-state index contributed by atoms with van der Waals surface area (Å²) in [6.07, 6.45) is 5.34. The van der Waals surface area contributed by atoms with E-state index in [1.807, 2.05) is 18.2 Å². The molecule has 0 aromatic heterocycles. The molecule has 2 saturated carbocycles. The summed E-state index contributed by atoms with van der Waals surface area (Å²) >= 11 is 12.3. The lowest BCUT2D eigenvalue weighted by Crippen LogP contribution is -2.37. The van der Waals surface area contributed by atoms with Crippen LogP contribution < -0.4 is 5.73 Å². The van der Waals surface area contributed by atoms with Crippen LogP contribution in [0.3, 0.4) is 0 Å². The molecule has 1 aromatic carbocycles. The third-order valence-corrected chi connectivity index (χ3v) is 4.69. The molecule has 104 valence electrons. The van der Waals surface area contributed by atoms with E-state index >= 15 is 0 Å². The van der Waals surface area contributed by atoms with Crippen LogP contribution in [0.1, 0.15) is 37.3 Å². The maximum absolute atomic E-state index is 6.36. The standard InChI is InChI=1S/C15H20Cl2N2/c16-11-3-6-13(14(17)7-11)15(8-18)19(12-4-5-12)9-10-1-2-10/h3,6-7,10,12,15H,1-2,4-5,8-9,18H2. The van der Waals surface area contributed by atoms with Gasteiger partial charge in [0.15, 0.2) is 0 Å². The molecule has 2 aliphatic carbocycles. The quantitative estimate of drug-likeness (QED) is 0.864. The highest BCUT2D eigenvalue weighted by Gasteiger charge is 2.38. The van der Waals surface area contributed by atoms with Crippen LogP contribution >= 0.6 is 23.2 Å². The molecule has 0 bridgehead atoms. The van der Waals surface area contributed by atoms with Gasteiger partial charge in [0, 0.05) is 35.2 Å². The smallest absolute Gasteiger partial charge is 0.0488 e. The summed E-state index contributed by atoms with van der Waals surface area (Å²) in [7, 11) is 0. The Morgan fingerprint density at radius 2 is 1.95 bits per heavy atom. The van der Waals surface area contributed by atoms with Gasteiger partial charge in [-0.3, -0.25) is 4.90 Å². The SMILES string of the molecule is NCC(c1ccc(Cl)cc1Cl)N(CC1CC1)C1CC1. The minimum atomic E-state index is 0.234. The van der Waals surface area contributed by atoms with Gasteiger partial charge in [-0.2, -0.15) is 0 Å². The van der Waals surface area contributed by atoms with Crippen molar-refractivity contribution in [2.75, 3.05) is 13.1 Å². The topological polar surface area (TPSA) is 29.3 Å². The van der Waals surface area contributed by atoms with Crippen molar-refractivity contribution in [2.24, 2.45) is 11.7 Å². The van der Waals surface area contributed by atoms with E-state index in [-0.39, 0.29) is 6.04 Å². The molecule has 3 rings (SSSR count). The first kappa shape index (κ1) is 13.7. The van der Waals surface area contributed by atoms with Crippen LogP contribution in [0.5, 0.6) is 0 Å². The average Bonchev–Trinajstić information content (AvgIpc) is 3.25. The lowest BCUT2D eigenvalue weighted by molar-refractivity contribution is 0.183. The molecule has 0 radical (unpaired) electrons. The summed E-state index contributed by atoms with van der Waals surface area (Å²) in [5.41, 5.74) is 7.17. The molecule has 0 heterocycles. The van der Waals surface area contributed by atoms with E-state index in [0.29, 0.717) is 17.6 Å². The van der Waals surface area contributed by atoms with Crippen LogP contribution in [0.2, 0.25) is 10.0 Å². The first-order valence-corrected chi connectivity index (χ1v) is 7.85. The highest BCUT2D eigenvalue weighted by atomic mass is 35.5. The van der Waals surface area contributed by atoms with Crippen LogP contribution in [0.25, 0.3) is 0 Å². The molecule has 4 heteroatoms. The molecule has 0 saturated heterocycles. The summed E-state index contributed by atoms with van der Waals surface area (Å²) in [5.74, 6) is 0.876. The van der Waals surface area contributed by atoms with E-state index in [1.54, 1.807) is 0 Å². The molecule has 19 heavy (non-hydrogen) atoms. The number of hydrogen-bond donors (Lipinski definition) is 1. The number of nitrogens with zero attached hydrogens (tertiary/aromatic N) is 1. The van der Waals surface area contributed by atoms with Gasteiger partial charge >= 0.3 is 0 Å². The first-order valence-electron chi connectivity index (χ1n) is 7.10. The minimum Gasteiger partial charge on any atom is -0.329 e. The zero-order chi connectivity index (χ0) is 13.4. The van der Waals surface area contributed by atoms with Crippen LogP contribution in [0.15, 0.2) is 18.2 Å². The number of halogens is 2. The summed E-state index contributed by atoms with van der Waals surface area (Å²) in [6, 6.07) is 6.71. The number of nitrogens with two attached hydrogens (primary N) is 1. The molecular formula is C15H20Cl2N2. The second-order valence-corrected chi connectivity index (χ2v) is 6.63. The zero-order valence-corrected chi connectivity index (χ0v) is 12.5. The first-order chi connectivity index (χ1) is 9.19. The molecule has 1 atom stereocenters. The fourth-order valence-corrected chi connectivity index (χ4v) is 3.28. The van der Waals surface area contributed by atoms with E-state index < -0.39 is 0 Å². The lowest BCUT2D eigenvalue weighted by atomic mass is 10.0. The predicted octanol–water partition coefficient (Wildman–Crippen LogP) is 3.87. The summed E-state index contributed by atoms with van der Waals surface area (Å²) in [4.78, 5) is 2.58. The Hall–Kier alpha value is -0.280. The number of rotatable bonds is 6. The van der Waals surface area contributed by atoms with Gasteiger partial charge in [0.25, 0.3) is 0 Å². The van der Waals surface area contributed by atoms with Crippen molar-refractivity contribution in [3.63, 3.8) is 0 Å². The van der Waals surface area contributed by atoms with Gasteiger partial charge in [-0.05, 0) is 49.3 Å². The van der Waals surface area contributed by atoms with Crippen LogP contribution in [-0.2, 0) is 0 Å². The Kier molecular flexibility index (Phi) is 4.04. The largest absolute Gasteiger partial charge is 0.329 e. The van der Waals surface area contributed by atoms with Crippen molar-refractivity contribution in [1.82, 2.24) is 4.90 Å². The molecule has 2 aliphatic rings. The van der Waals surface area contributed by atoms with Gasteiger partial charge < -0.3 is 5.73 Å². The van der Waals surface area contributed by atoms with Gasteiger partial charge in [-0.15, -0.1) is 0 Å². The molecule has 0 aliphatic heterocycles. The highest BCUT2D eigenvalue weighted by Crippen LogP contribution is 2.40. The van der Waals surface area contributed by atoms with E-state index in [0.717, 1.165) is 16.5 Å². The molecule has 0 spiro atoms. The minimum absolute atomic E-state index is 0.234. The lowest BCUT2D eigenvalue weighted by Gasteiger charge is -2.32. The second kappa shape index (κ2) is 5.61. The van der Waals surface area contributed by atoms with Crippen LogP contribution in [0, 0.1) is 5.92 Å². The normalized spacial score (nSPS) is 20.8. The highest BCUT2D eigenvalue weighted by molar-refractivity contribution is 6.35. The van der Waals surface area contributed by atoms with Crippen molar-refractivity contribution < 1.29 is 0 Å². The van der Waals surface area contributed by atoms with Gasteiger partial charge in [-0.1, -0.05) is 29.3 Å². The Morgan fingerprint density at radius 3 is 2.47 bits per heavy atom. The van der Waals surface area contributed by atoms with Crippen LogP contribution in [0.4, 0.5) is 0 Å². The van der Waals surface area contributed by atoms with E-state index in [1.165, 1.54) is 32.2 Å². The Bertz CT molecular complexity index is 455. The predicted molar refractivity (Wildman–Crippen MR) is 80.7 cm³/mol. The zero-order valence-electron chi connectivity index (χ0n) is 11.0. The van der Waals surface area contributed by atoms with E-state index in [9.17, 15) is 0 Å². The summed E-state index contributed by atoms with van der Waals surface area (Å²) in [6.45, 7) is 1.79. The molecule has 1 unspecified atom stereocenters. The van der Waals surface area contributed by atoms with E-state index in [4.69, 9.17) is 28.9 Å². The Morgan fingerprint density at radius 1 is 1.21 bits per heavy atom. The summed E-state index contributed by atoms with van der Waals surface area (Å²) < 4.78 is 0. The van der Waals surface area contributed by atoms with Crippen molar-refractivity contribution in [3.8, 4) is 0 Å². The Labute approximate surface area is 124 Å². The fourth-order valence-electron chi connectivity index (χ4n) is 2.75. The van der Waals surface area contributed by atoms with Crippen molar-refractivity contribution in [1.29, 1.82) is 0 Å². The summed E-state index contributed by atoms with van der Waals surface area (Å²) in [5, 5.41) is 1.43. The third-order valence-electron chi connectivity index (χ3n) is 4.13. The van der Waals surface area contributed by atoms with Gasteiger partial charge in [0.05, 0.1) is 0 Å². The van der Waals surface area contributed by atoms with Crippen molar-refractivity contribution in [3.05, 3.63) is 33.8 Å². The van der Waals surface area contributed by atoms with Gasteiger partial charge in [0.2, 0.25) is 0 Å². The van der Waals surface area contributed by atoms with Crippen molar-refractivity contribution >= 4 is 23.2 Å². The van der Waals surface area contributed by atoms with Gasteiger partial charge in [0.1, 0.15) is 0 Å². The number of benzene rings is 1. The third kappa shape index (κ3) is 3.25. The molecule has 0 amide bonds. The monoisotopic (exact) mass is 298 g/mol. The molecule has 2 nitrogen and oxygen atoms in total. The maximum Gasteiger partial charge on any atom is 0.0488 e. The van der Waals surface area contributed by atoms with Gasteiger partial charge in [-0.25, -0.2) is 0 Å².